The molecular weight excluding hydrogens is 350 g/mol. The third kappa shape index (κ3) is 4.22. The molecule has 25 heavy (non-hydrogen) atoms. The number of carbonyl (C=O) groups is 1. The second-order valence-electron chi connectivity index (χ2n) is 6.77. The van der Waals surface area contributed by atoms with Gasteiger partial charge < -0.3 is 14.0 Å². The number of Topliss-reactive ketones (excluding diaryl/α,β-unsaturated/α-hetero) is 1. The molecule has 138 valence electrons. The van der Waals surface area contributed by atoms with Gasteiger partial charge in [0.1, 0.15) is 17.7 Å². The molecule has 0 radical (unpaired) electrons. The molecule has 1 aliphatic heterocycles. The standard InChI is InChI=1S/C18H22F2O4S/c1-25(22)11-15(21)18(7-8-18)17(24-16-4-2-3-9-23-16)13-6-5-12(19)10-14(13)20/h5-6,10,16-17H,2-4,7-9,11H2,1H3. The summed E-state index contributed by atoms with van der Waals surface area (Å²) in [7, 11) is 0. The molecule has 0 bridgehead atoms. The van der Waals surface area contributed by atoms with E-state index in [1.165, 1.54) is 12.3 Å². The first-order valence-electron chi connectivity index (χ1n) is 8.48. The quantitative estimate of drug-likeness (QED) is 0.689. The molecule has 0 amide bonds. The van der Waals surface area contributed by atoms with Crippen LogP contribution in [0.15, 0.2) is 18.2 Å². The summed E-state index contributed by atoms with van der Waals surface area (Å²) in [6.45, 7) is 0.559. The van der Waals surface area contributed by atoms with E-state index in [-0.39, 0.29) is 17.1 Å². The van der Waals surface area contributed by atoms with Gasteiger partial charge in [-0.3, -0.25) is 4.79 Å². The van der Waals surface area contributed by atoms with Gasteiger partial charge in [-0.25, -0.2) is 8.78 Å². The van der Waals surface area contributed by atoms with Crippen molar-refractivity contribution in [2.45, 2.75) is 44.5 Å². The van der Waals surface area contributed by atoms with Crippen LogP contribution in [0.5, 0.6) is 0 Å². The van der Waals surface area contributed by atoms with E-state index in [1.807, 2.05) is 0 Å². The van der Waals surface area contributed by atoms with E-state index >= 15 is 0 Å². The van der Waals surface area contributed by atoms with Crippen LogP contribution < -0.4 is 0 Å². The van der Waals surface area contributed by atoms with Gasteiger partial charge in [0.25, 0.3) is 0 Å². The fraction of sp³-hybridized carbons (Fsp3) is 0.611. The molecule has 1 aliphatic carbocycles. The summed E-state index contributed by atoms with van der Waals surface area (Å²) in [4.78, 5) is 12.7. The second kappa shape index (κ2) is 7.70. The molecule has 0 spiro atoms. The molecule has 2 aliphatic rings. The van der Waals surface area contributed by atoms with Gasteiger partial charge in [-0.1, -0.05) is 6.07 Å². The molecular formula is C18H22F2O4S. The number of hydrogen-bond donors (Lipinski definition) is 0. The van der Waals surface area contributed by atoms with Crippen LogP contribution in [0.3, 0.4) is 0 Å². The van der Waals surface area contributed by atoms with Crippen LogP contribution in [-0.2, 0) is 25.4 Å². The fourth-order valence-corrected chi connectivity index (χ4v) is 3.99. The SMILES string of the molecule is C[S+]([O-])CC(=O)C1(C(OC2CCCCO2)c2ccc(F)cc2F)CC1. The van der Waals surface area contributed by atoms with Crippen LogP contribution in [0.1, 0.15) is 43.8 Å². The maximum absolute atomic E-state index is 14.4. The third-order valence-electron chi connectivity index (χ3n) is 4.85. The summed E-state index contributed by atoms with van der Waals surface area (Å²) in [5, 5.41) is 0. The smallest absolute Gasteiger partial charge is 0.190 e. The lowest BCUT2D eigenvalue weighted by Gasteiger charge is -2.32. The number of halogens is 2. The number of benzene rings is 1. The van der Waals surface area contributed by atoms with Gasteiger partial charge in [0.15, 0.2) is 17.8 Å². The molecule has 1 heterocycles. The van der Waals surface area contributed by atoms with E-state index in [0.717, 1.165) is 25.0 Å². The van der Waals surface area contributed by atoms with Crippen molar-refractivity contribution in [1.82, 2.24) is 0 Å². The van der Waals surface area contributed by atoms with Crippen molar-refractivity contribution < 1.29 is 27.6 Å². The Hall–Kier alpha value is -1.02. The first-order valence-corrected chi connectivity index (χ1v) is 10.2. The van der Waals surface area contributed by atoms with Gasteiger partial charge in [-0.2, -0.15) is 0 Å². The summed E-state index contributed by atoms with van der Waals surface area (Å²) in [5.41, 5.74) is -0.742. The third-order valence-corrected chi connectivity index (χ3v) is 5.52. The highest BCUT2D eigenvalue weighted by Crippen LogP contribution is 2.58. The second-order valence-corrected chi connectivity index (χ2v) is 8.21. The maximum Gasteiger partial charge on any atom is 0.190 e. The Balaban J connectivity index is 1.90. The molecule has 1 aromatic rings. The van der Waals surface area contributed by atoms with Gasteiger partial charge >= 0.3 is 0 Å². The Labute approximate surface area is 149 Å². The van der Waals surface area contributed by atoms with E-state index in [1.54, 1.807) is 0 Å². The molecule has 2 fully saturated rings. The van der Waals surface area contributed by atoms with E-state index in [4.69, 9.17) is 9.47 Å². The predicted octanol–water partition coefficient (Wildman–Crippen LogP) is 3.28. The van der Waals surface area contributed by atoms with Crippen molar-refractivity contribution in [2.24, 2.45) is 5.41 Å². The summed E-state index contributed by atoms with van der Waals surface area (Å²) in [5.74, 6) is -1.70. The number of ether oxygens (including phenoxy) is 2. The van der Waals surface area contributed by atoms with Crippen molar-refractivity contribution in [2.75, 3.05) is 18.6 Å². The van der Waals surface area contributed by atoms with Crippen LogP contribution in [0.25, 0.3) is 0 Å². The Morgan fingerprint density at radius 3 is 2.76 bits per heavy atom. The maximum atomic E-state index is 14.4. The van der Waals surface area contributed by atoms with Gasteiger partial charge in [0.2, 0.25) is 0 Å². The van der Waals surface area contributed by atoms with Gasteiger partial charge in [-0.05, 0) is 49.3 Å². The van der Waals surface area contributed by atoms with Crippen molar-refractivity contribution >= 4 is 17.0 Å². The molecule has 1 saturated carbocycles. The zero-order valence-electron chi connectivity index (χ0n) is 14.1. The number of carbonyl (C=O) groups excluding carboxylic acids is 1. The molecule has 7 heteroatoms. The van der Waals surface area contributed by atoms with Crippen LogP contribution >= 0.6 is 0 Å². The fourth-order valence-electron chi connectivity index (χ4n) is 3.34. The number of rotatable bonds is 7. The highest BCUT2D eigenvalue weighted by Gasteiger charge is 2.58. The van der Waals surface area contributed by atoms with Crippen LogP contribution in [-0.4, -0.2) is 35.2 Å². The molecule has 0 aromatic heterocycles. The first kappa shape index (κ1) is 18.8. The zero-order valence-corrected chi connectivity index (χ0v) is 15.0. The predicted molar refractivity (Wildman–Crippen MR) is 89.4 cm³/mol. The van der Waals surface area contributed by atoms with Crippen molar-refractivity contribution in [1.29, 1.82) is 0 Å². The summed E-state index contributed by atoms with van der Waals surface area (Å²) >= 11 is -1.28. The van der Waals surface area contributed by atoms with Gasteiger partial charge in [0, 0.05) is 18.2 Å². The van der Waals surface area contributed by atoms with Gasteiger partial charge in [0.05, 0.1) is 11.7 Å². The van der Waals surface area contributed by atoms with Crippen LogP contribution in [0, 0.1) is 17.0 Å². The average Bonchev–Trinajstić information content (AvgIpc) is 3.35. The number of ketones is 1. The summed E-state index contributed by atoms with van der Waals surface area (Å²) in [6.07, 6.45) is 3.72. The summed E-state index contributed by atoms with van der Waals surface area (Å²) < 4.78 is 50.8. The lowest BCUT2D eigenvalue weighted by atomic mass is 9.88. The highest BCUT2D eigenvalue weighted by molar-refractivity contribution is 7.91. The average molecular weight is 372 g/mol. The molecule has 3 rings (SSSR count). The lowest BCUT2D eigenvalue weighted by Crippen LogP contribution is -2.35. The minimum Gasteiger partial charge on any atom is -0.616 e. The van der Waals surface area contributed by atoms with Crippen LogP contribution in [0.2, 0.25) is 0 Å². The van der Waals surface area contributed by atoms with Crippen molar-refractivity contribution in [3.8, 4) is 0 Å². The monoisotopic (exact) mass is 372 g/mol. The van der Waals surface area contributed by atoms with E-state index in [0.29, 0.717) is 25.9 Å². The Morgan fingerprint density at radius 2 is 2.20 bits per heavy atom. The van der Waals surface area contributed by atoms with Crippen LogP contribution in [0.4, 0.5) is 8.78 Å². The van der Waals surface area contributed by atoms with E-state index in [2.05, 4.69) is 0 Å². The molecule has 4 nitrogen and oxygen atoms in total. The molecule has 0 N–H and O–H groups in total. The van der Waals surface area contributed by atoms with Crippen molar-refractivity contribution in [3.05, 3.63) is 35.4 Å². The molecule has 1 aromatic carbocycles. The molecule has 3 unspecified atom stereocenters. The zero-order chi connectivity index (χ0) is 18.0. The van der Waals surface area contributed by atoms with Gasteiger partial charge in [-0.15, -0.1) is 0 Å². The minimum absolute atomic E-state index is 0.0891. The molecule has 1 saturated heterocycles. The Morgan fingerprint density at radius 1 is 1.44 bits per heavy atom. The Bertz CT molecular complexity index is 628. The minimum atomic E-state index is -1.28. The molecule has 3 atom stereocenters. The largest absolute Gasteiger partial charge is 0.616 e. The normalized spacial score (nSPS) is 24.6. The summed E-state index contributed by atoms with van der Waals surface area (Å²) in [6, 6.07) is 3.29. The first-order chi connectivity index (χ1) is 11.9. The van der Waals surface area contributed by atoms with E-state index < -0.39 is 40.6 Å². The Kier molecular flexibility index (Phi) is 5.78. The van der Waals surface area contributed by atoms with Crippen molar-refractivity contribution in [3.63, 3.8) is 0 Å². The van der Waals surface area contributed by atoms with E-state index in [9.17, 15) is 18.1 Å². The highest BCUT2D eigenvalue weighted by atomic mass is 32.2. The lowest BCUT2D eigenvalue weighted by molar-refractivity contribution is -0.204. The number of hydrogen-bond acceptors (Lipinski definition) is 4. The topological polar surface area (TPSA) is 58.6 Å².